The van der Waals surface area contributed by atoms with E-state index in [1.807, 2.05) is 30.8 Å². The number of nitrogens with two attached hydrogens (primary N) is 1. The Labute approximate surface area is 136 Å². The lowest BCUT2D eigenvalue weighted by atomic mass is 10.0. The van der Waals surface area contributed by atoms with E-state index in [4.69, 9.17) is 29.0 Å². The highest BCUT2D eigenvalue weighted by Gasteiger charge is 2.18. The summed E-state index contributed by atoms with van der Waals surface area (Å²) in [6.07, 6.45) is 0.672. The van der Waals surface area contributed by atoms with Crippen LogP contribution in [0, 0.1) is 6.92 Å². The molecule has 0 saturated heterocycles. The maximum atomic E-state index is 6.04. The van der Waals surface area contributed by atoms with Crippen molar-refractivity contribution >= 4 is 39.1 Å². The Morgan fingerprint density at radius 3 is 2.40 bits per heavy atom. The van der Waals surface area contributed by atoms with Crippen molar-refractivity contribution in [2.45, 2.75) is 19.4 Å². The van der Waals surface area contributed by atoms with Crippen molar-refractivity contribution in [3.63, 3.8) is 0 Å². The number of halogens is 3. The van der Waals surface area contributed by atoms with Crippen LogP contribution in [0.1, 0.15) is 23.0 Å². The molecule has 20 heavy (non-hydrogen) atoms. The minimum Gasteiger partial charge on any atom is -0.271 e. The maximum absolute atomic E-state index is 6.04. The molecule has 2 aromatic rings. The van der Waals surface area contributed by atoms with Crippen molar-refractivity contribution < 1.29 is 0 Å². The third kappa shape index (κ3) is 3.35. The Morgan fingerprint density at radius 2 is 1.95 bits per heavy atom. The second kappa shape index (κ2) is 6.45. The Bertz CT molecular complexity index is 607. The van der Waals surface area contributed by atoms with Crippen LogP contribution in [0.3, 0.4) is 0 Å². The Kier molecular flexibility index (Phi) is 5.09. The van der Waals surface area contributed by atoms with Gasteiger partial charge >= 0.3 is 0 Å². The molecule has 1 aromatic heterocycles. The van der Waals surface area contributed by atoms with Crippen molar-refractivity contribution in [1.82, 2.24) is 15.2 Å². The maximum Gasteiger partial charge on any atom is 0.0738 e. The first-order valence-electron chi connectivity index (χ1n) is 6.02. The van der Waals surface area contributed by atoms with Gasteiger partial charge in [-0.05, 0) is 46.6 Å². The minimum absolute atomic E-state index is 0.0997. The summed E-state index contributed by atoms with van der Waals surface area (Å²) in [6, 6.07) is 5.31. The summed E-state index contributed by atoms with van der Waals surface area (Å²) in [4.78, 5) is 0. The fourth-order valence-electron chi connectivity index (χ4n) is 2.14. The second-order valence-electron chi connectivity index (χ2n) is 4.60. The van der Waals surface area contributed by atoms with Gasteiger partial charge in [-0.3, -0.25) is 16.0 Å². The SMILES string of the molecule is Cc1nn(C)c(CC(NN)c2cc(Cl)cc(Cl)c2)c1Br. The van der Waals surface area contributed by atoms with Gasteiger partial charge in [0.1, 0.15) is 0 Å². The fraction of sp³-hybridized carbons (Fsp3) is 0.308. The molecule has 0 saturated carbocycles. The van der Waals surface area contributed by atoms with Crippen LogP contribution in [0.25, 0.3) is 0 Å². The molecule has 2 rings (SSSR count). The molecular weight excluding hydrogens is 363 g/mol. The summed E-state index contributed by atoms with van der Waals surface area (Å²) in [7, 11) is 1.91. The molecule has 0 radical (unpaired) electrons. The van der Waals surface area contributed by atoms with Gasteiger partial charge in [0.15, 0.2) is 0 Å². The third-order valence-electron chi connectivity index (χ3n) is 3.15. The molecule has 0 spiro atoms. The van der Waals surface area contributed by atoms with E-state index in [2.05, 4.69) is 26.5 Å². The highest BCUT2D eigenvalue weighted by Crippen LogP contribution is 2.28. The number of nitrogens with zero attached hydrogens (tertiary/aromatic N) is 2. The van der Waals surface area contributed by atoms with Crippen molar-refractivity contribution in [2.24, 2.45) is 12.9 Å². The molecule has 108 valence electrons. The lowest BCUT2D eigenvalue weighted by Gasteiger charge is -2.17. The van der Waals surface area contributed by atoms with Crippen LogP contribution in [0.2, 0.25) is 10.0 Å². The Balaban J connectivity index is 2.33. The molecule has 0 fully saturated rings. The Morgan fingerprint density at radius 1 is 1.35 bits per heavy atom. The lowest BCUT2D eigenvalue weighted by molar-refractivity contribution is 0.529. The van der Waals surface area contributed by atoms with Gasteiger partial charge in [-0.2, -0.15) is 5.10 Å². The van der Waals surface area contributed by atoms with E-state index >= 15 is 0 Å². The highest BCUT2D eigenvalue weighted by atomic mass is 79.9. The van der Waals surface area contributed by atoms with Crippen molar-refractivity contribution in [3.8, 4) is 0 Å². The zero-order valence-electron chi connectivity index (χ0n) is 11.1. The van der Waals surface area contributed by atoms with E-state index in [0.717, 1.165) is 21.4 Å². The van der Waals surface area contributed by atoms with Crippen LogP contribution in [-0.4, -0.2) is 9.78 Å². The van der Waals surface area contributed by atoms with E-state index < -0.39 is 0 Å². The molecule has 3 N–H and O–H groups in total. The number of hydrogen-bond donors (Lipinski definition) is 2. The summed E-state index contributed by atoms with van der Waals surface area (Å²) in [5, 5.41) is 5.56. The number of hydrazine groups is 1. The van der Waals surface area contributed by atoms with Crippen LogP contribution in [-0.2, 0) is 13.5 Å². The average Bonchev–Trinajstić information content (AvgIpc) is 2.60. The van der Waals surface area contributed by atoms with Gasteiger partial charge in [0.05, 0.1) is 21.9 Å². The first-order chi connectivity index (χ1) is 9.42. The van der Waals surface area contributed by atoms with E-state index in [1.54, 1.807) is 6.07 Å². The molecule has 0 bridgehead atoms. The molecule has 0 aliphatic carbocycles. The van der Waals surface area contributed by atoms with Gasteiger partial charge in [0.2, 0.25) is 0 Å². The van der Waals surface area contributed by atoms with E-state index in [9.17, 15) is 0 Å². The minimum atomic E-state index is -0.0997. The fourth-order valence-corrected chi connectivity index (χ4v) is 3.19. The lowest BCUT2D eigenvalue weighted by Crippen LogP contribution is -2.30. The van der Waals surface area contributed by atoms with Gasteiger partial charge in [-0.1, -0.05) is 23.2 Å². The van der Waals surface area contributed by atoms with Crippen molar-refractivity contribution in [2.75, 3.05) is 0 Å². The van der Waals surface area contributed by atoms with E-state index in [-0.39, 0.29) is 6.04 Å². The molecule has 4 nitrogen and oxygen atoms in total. The highest BCUT2D eigenvalue weighted by molar-refractivity contribution is 9.10. The molecule has 1 unspecified atom stereocenters. The number of rotatable bonds is 4. The predicted octanol–water partition coefficient (Wildman–Crippen LogP) is 3.54. The Hall–Kier alpha value is -0.590. The van der Waals surface area contributed by atoms with Gasteiger partial charge in [-0.25, -0.2) is 0 Å². The van der Waals surface area contributed by atoms with Crippen molar-refractivity contribution in [3.05, 3.63) is 49.7 Å². The summed E-state index contributed by atoms with van der Waals surface area (Å²) < 4.78 is 2.84. The van der Waals surface area contributed by atoms with Crippen LogP contribution in [0.15, 0.2) is 22.7 Å². The van der Waals surface area contributed by atoms with E-state index in [1.165, 1.54) is 0 Å². The molecule has 0 amide bonds. The molecule has 0 aliphatic heterocycles. The van der Waals surface area contributed by atoms with Gasteiger partial charge < -0.3 is 0 Å². The molecule has 1 heterocycles. The first kappa shape index (κ1) is 15.8. The summed E-state index contributed by atoms with van der Waals surface area (Å²) in [6.45, 7) is 1.95. The second-order valence-corrected chi connectivity index (χ2v) is 6.26. The number of hydrogen-bond acceptors (Lipinski definition) is 3. The molecule has 0 aliphatic rings. The number of aryl methyl sites for hydroxylation is 2. The molecule has 1 atom stereocenters. The smallest absolute Gasteiger partial charge is 0.0738 e. The zero-order chi connectivity index (χ0) is 14.9. The van der Waals surface area contributed by atoms with Gasteiger partial charge in [0.25, 0.3) is 0 Å². The van der Waals surface area contributed by atoms with Gasteiger partial charge in [-0.15, -0.1) is 0 Å². The standard InChI is InChI=1S/C13H15BrCl2N4/c1-7-13(14)12(20(2)19-7)6-11(18-17)8-3-9(15)5-10(16)4-8/h3-5,11,18H,6,17H2,1-2H3. The number of nitrogens with one attached hydrogen (secondary N) is 1. The number of aromatic nitrogens is 2. The van der Waals surface area contributed by atoms with E-state index in [0.29, 0.717) is 16.5 Å². The largest absolute Gasteiger partial charge is 0.271 e. The van der Waals surface area contributed by atoms with Crippen LogP contribution in [0.4, 0.5) is 0 Å². The first-order valence-corrected chi connectivity index (χ1v) is 7.57. The predicted molar refractivity (Wildman–Crippen MR) is 85.9 cm³/mol. The summed E-state index contributed by atoms with van der Waals surface area (Å²) in [5.41, 5.74) is 5.75. The summed E-state index contributed by atoms with van der Waals surface area (Å²) >= 11 is 15.6. The topological polar surface area (TPSA) is 55.9 Å². The zero-order valence-corrected chi connectivity index (χ0v) is 14.2. The molecule has 1 aromatic carbocycles. The van der Waals surface area contributed by atoms with Crippen LogP contribution in [0.5, 0.6) is 0 Å². The summed E-state index contributed by atoms with van der Waals surface area (Å²) in [5.74, 6) is 5.68. The third-order valence-corrected chi connectivity index (χ3v) is 4.62. The van der Waals surface area contributed by atoms with Crippen LogP contribution >= 0.6 is 39.1 Å². The quantitative estimate of drug-likeness (QED) is 0.632. The monoisotopic (exact) mass is 376 g/mol. The molecule has 7 heteroatoms. The van der Waals surface area contributed by atoms with Crippen molar-refractivity contribution in [1.29, 1.82) is 0 Å². The van der Waals surface area contributed by atoms with Gasteiger partial charge in [0, 0.05) is 23.5 Å². The normalized spacial score (nSPS) is 12.7. The molecular formula is C13H15BrCl2N4. The number of benzene rings is 1. The van der Waals surface area contributed by atoms with Crippen LogP contribution < -0.4 is 11.3 Å². The average molecular weight is 378 g/mol.